The molecule has 0 bridgehead atoms. The lowest BCUT2D eigenvalue weighted by Gasteiger charge is -2.18. The van der Waals surface area contributed by atoms with Gasteiger partial charge < -0.3 is 19.7 Å². The van der Waals surface area contributed by atoms with E-state index in [4.69, 9.17) is 19.7 Å². The van der Waals surface area contributed by atoms with Gasteiger partial charge in [0, 0.05) is 0 Å². The van der Waals surface area contributed by atoms with Crippen molar-refractivity contribution in [3.63, 3.8) is 0 Å². The monoisotopic (exact) mass is 238 g/mol. The second kappa shape index (κ2) is 7.19. The van der Waals surface area contributed by atoms with Crippen LogP contribution in [0.5, 0.6) is 0 Å². The average Bonchev–Trinajstić information content (AvgIpc) is 2.26. The Kier molecular flexibility index (Phi) is 5.86. The molecule has 0 aromatic heterocycles. The molecule has 0 fully saturated rings. The molecule has 1 aromatic rings. The largest absolute Gasteiger partial charge is 0.368 e. The Morgan fingerprint density at radius 2 is 1.53 bits per heavy atom. The molecule has 94 valence electrons. The average molecular weight is 238 g/mol. The Balaban J connectivity index is 2.61. The summed E-state index contributed by atoms with van der Waals surface area (Å²) < 4.78 is 10.1. The summed E-state index contributed by atoms with van der Waals surface area (Å²) in [6, 6.07) is 9.61. The van der Waals surface area contributed by atoms with Crippen LogP contribution >= 0.6 is 0 Å². The van der Waals surface area contributed by atoms with Gasteiger partial charge in [0.25, 0.3) is 0 Å². The number of aliphatic hydroxyl groups excluding tert-OH is 2. The summed E-state index contributed by atoms with van der Waals surface area (Å²) in [6.45, 7) is 2.96. The second-order valence-corrected chi connectivity index (χ2v) is 3.61. The van der Waals surface area contributed by atoms with Crippen molar-refractivity contribution in [2.24, 2.45) is 0 Å². The topological polar surface area (TPSA) is 58.9 Å². The first-order chi connectivity index (χ1) is 8.08. The Morgan fingerprint density at radius 3 is 2.00 bits per heavy atom. The standard InChI is InChI=1S/C13H18O4/c1-10(14)16-13(17-11(2)15)9-8-12-6-4-3-5-7-12/h3-11,13-15H,1-2H3/b9-8+. The fourth-order valence-corrected chi connectivity index (χ4v) is 1.26. The molecule has 0 aliphatic rings. The van der Waals surface area contributed by atoms with E-state index < -0.39 is 18.9 Å². The van der Waals surface area contributed by atoms with E-state index in [0.717, 1.165) is 5.56 Å². The molecule has 0 amide bonds. The van der Waals surface area contributed by atoms with Gasteiger partial charge in [-0.15, -0.1) is 0 Å². The number of hydrogen-bond acceptors (Lipinski definition) is 4. The predicted octanol–water partition coefficient (Wildman–Crippen LogP) is 1.74. The molecule has 1 aromatic carbocycles. The van der Waals surface area contributed by atoms with Crippen molar-refractivity contribution in [1.29, 1.82) is 0 Å². The van der Waals surface area contributed by atoms with Gasteiger partial charge in [-0.3, -0.25) is 0 Å². The third-order valence-corrected chi connectivity index (χ3v) is 1.91. The minimum atomic E-state index is -0.959. The van der Waals surface area contributed by atoms with Gasteiger partial charge in [0.1, 0.15) is 0 Å². The van der Waals surface area contributed by atoms with E-state index in [1.807, 2.05) is 30.3 Å². The van der Waals surface area contributed by atoms with E-state index in [0.29, 0.717) is 0 Å². The van der Waals surface area contributed by atoms with E-state index in [1.165, 1.54) is 13.8 Å². The Bertz CT molecular complexity index is 323. The lowest BCUT2D eigenvalue weighted by Crippen LogP contribution is -2.24. The lowest BCUT2D eigenvalue weighted by atomic mass is 10.2. The summed E-state index contributed by atoms with van der Waals surface area (Å²) >= 11 is 0. The highest BCUT2D eigenvalue weighted by Crippen LogP contribution is 2.07. The highest BCUT2D eigenvalue weighted by Gasteiger charge is 2.11. The van der Waals surface area contributed by atoms with Crippen LogP contribution in [0.4, 0.5) is 0 Å². The molecule has 4 heteroatoms. The third-order valence-electron chi connectivity index (χ3n) is 1.91. The summed E-state index contributed by atoms with van der Waals surface area (Å²) in [5.41, 5.74) is 0.987. The van der Waals surface area contributed by atoms with Crippen LogP contribution in [0.2, 0.25) is 0 Å². The fraction of sp³-hybridized carbons (Fsp3) is 0.385. The molecule has 2 N–H and O–H groups in total. The summed E-state index contributed by atoms with van der Waals surface area (Å²) in [4.78, 5) is 0. The number of benzene rings is 1. The molecule has 2 atom stereocenters. The molecule has 0 spiro atoms. The summed E-state index contributed by atoms with van der Waals surface area (Å²) in [6.07, 6.45) is 0.734. The van der Waals surface area contributed by atoms with Crippen molar-refractivity contribution in [2.75, 3.05) is 0 Å². The Labute approximate surface area is 101 Å². The first-order valence-electron chi connectivity index (χ1n) is 5.48. The van der Waals surface area contributed by atoms with Crippen molar-refractivity contribution < 1.29 is 19.7 Å². The van der Waals surface area contributed by atoms with Gasteiger partial charge in [0.2, 0.25) is 0 Å². The highest BCUT2D eigenvalue weighted by atomic mass is 16.8. The number of hydrogen-bond donors (Lipinski definition) is 2. The molecule has 17 heavy (non-hydrogen) atoms. The zero-order valence-corrected chi connectivity index (χ0v) is 9.98. The van der Waals surface area contributed by atoms with Crippen LogP contribution in [0.1, 0.15) is 19.4 Å². The van der Waals surface area contributed by atoms with Gasteiger partial charge >= 0.3 is 0 Å². The summed E-state index contributed by atoms with van der Waals surface area (Å²) in [7, 11) is 0. The molecular formula is C13H18O4. The van der Waals surface area contributed by atoms with Crippen LogP contribution in [0.15, 0.2) is 36.4 Å². The lowest BCUT2D eigenvalue weighted by molar-refractivity contribution is -0.247. The Morgan fingerprint density at radius 1 is 1.00 bits per heavy atom. The van der Waals surface area contributed by atoms with Gasteiger partial charge in [-0.2, -0.15) is 0 Å². The molecule has 0 radical (unpaired) electrons. The normalized spacial score (nSPS) is 16.9. The van der Waals surface area contributed by atoms with Crippen LogP contribution in [0.3, 0.4) is 0 Å². The first kappa shape index (κ1) is 13.9. The maximum Gasteiger partial charge on any atom is 0.183 e. The maximum absolute atomic E-state index is 9.12. The van der Waals surface area contributed by atoms with E-state index in [9.17, 15) is 0 Å². The summed E-state index contributed by atoms with van der Waals surface area (Å²) in [5.74, 6) is 0. The van der Waals surface area contributed by atoms with E-state index in [2.05, 4.69) is 0 Å². The SMILES string of the molecule is CC(O)OC(/C=C/c1ccccc1)OC(C)O. The number of ether oxygens (including phenoxy) is 2. The molecule has 0 saturated carbocycles. The smallest absolute Gasteiger partial charge is 0.183 e. The van der Waals surface area contributed by atoms with Crippen LogP contribution in [0.25, 0.3) is 6.08 Å². The van der Waals surface area contributed by atoms with Gasteiger partial charge in [0.15, 0.2) is 18.9 Å². The zero-order chi connectivity index (χ0) is 12.7. The molecule has 0 saturated heterocycles. The van der Waals surface area contributed by atoms with E-state index in [1.54, 1.807) is 12.2 Å². The van der Waals surface area contributed by atoms with Gasteiger partial charge in [0.05, 0.1) is 0 Å². The van der Waals surface area contributed by atoms with Crippen LogP contribution in [-0.2, 0) is 9.47 Å². The molecule has 0 aliphatic carbocycles. The summed E-state index contributed by atoms with van der Waals surface area (Å²) in [5, 5.41) is 18.2. The van der Waals surface area contributed by atoms with Crippen molar-refractivity contribution >= 4 is 6.08 Å². The van der Waals surface area contributed by atoms with Gasteiger partial charge in [-0.05, 0) is 25.5 Å². The molecule has 4 nitrogen and oxygen atoms in total. The van der Waals surface area contributed by atoms with Crippen LogP contribution in [0, 0.1) is 0 Å². The molecule has 2 unspecified atom stereocenters. The highest BCUT2D eigenvalue weighted by molar-refractivity contribution is 5.48. The van der Waals surface area contributed by atoms with Crippen molar-refractivity contribution in [3.8, 4) is 0 Å². The maximum atomic E-state index is 9.12. The van der Waals surface area contributed by atoms with E-state index >= 15 is 0 Å². The number of aliphatic hydroxyl groups is 2. The van der Waals surface area contributed by atoms with Crippen molar-refractivity contribution in [1.82, 2.24) is 0 Å². The van der Waals surface area contributed by atoms with Gasteiger partial charge in [-0.25, -0.2) is 0 Å². The molecule has 0 heterocycles. The van der Waals surface area contributed by atoms with Gasteiger partial charge in [-0.1, -0.05) is 36.4 Å². The molecule has 0 aliphatic heterocycles. The Hall–Kier alpha value is -1.20. The van der Waals surface area contributed by atoms with Crippen LogP contribution < -0.4 is 0 Å². The third kappa shape index (κ3) is 6.19. The quantitative estimate of drug-likeness (QED) is 0.741. The van der Waals surface area contributed by atoms with Crippen molar-refractivity contribution in [2.45, 2.75) is 32.7 Å². The van der Waals surface area contributed by atoms with Crippen molar-refractivity contribution in [3.05, 3.63) is 42.0 Å². The first-order valence-corrected chi connectivity index (χ1v) is 5.48. The number of rotatable bonds is 6. The molecular weight excluding hydrogens is 220 g/mol. The predicted molar refractivity (Wildman–Crippen MR) is 64.8 cm³/mol. The minimum Gasteiger partial charge on any atom is -0.368 e. The second-order valence-electron chi connectivity index (χ2n) is 3.61. The zero-order valence-electron chi connectivity index (χ0n) is 9.98. The van der Waals surface area contributed by atoms with Crippen LogP contribution in [-0.4, -0.2) is 29.1 Å². The minimum absolute atomic E-state index is 0.782. The van der Waals surface area contributed by atoms with E-state index in [-0.39, 0.29) is 0 Å². The fourth-order valence-electron chi connectivity index (χ4n) is 1.26. The molecule has 1 rings (SSSR count).